The molecule has 0 spiro atoms. The molecule has 0 bridgehead atoms. The fraction of sp³-hybridized carbons (Fsp3) is 0.704. The first-order chi connectivity index (χ1) is 15.0. The monoisotopic (exact) mass is 444 g/mol. The molecule has 1 N–H and O–H groups in total. The Kier molecular flexibility index (Phi) is 7.26. The van der Waals surface area contributed by atoms with Gasteiger partial charge >= 0.3 is 5.97 Å². The van der Waals surface area contributed by atoms with Crippen LogP contribution in [0.1, 0.15) is 96.6 Å². The Morgan fingerprint density at radius 2 is 1.94 bits per heavy atom. The van der Waals surface area contributed by atoms with E-state index in [9.17, 15) is 14.7 Å². The zero-order valence-corrected chi connectivity index (χ0v) is 20.7. The summed E-state index contributed by atoms with van der Waals surface area (Å²) < 4.78 is 11.3. The second kappa shape index (κ2) is 9.44. The predicted molar refractivity (Wildman–Crippen MR) is 125 cm³/mol. The fourth-order valence-electron chi connectivity index (χ4n) is 5.96. The van der Waals surface area contributed by atoms with E-state index in [1.807, 2.05) is 6.07 Å². The first-order valence-electron chi connectivity index (χ1n) is 12.2. The van der Waals surface area contributed by atoms with Crippen LogP contribution in [-0.2, 0) is 14.3 Å². The number of benzene rings is 1. The molecule has 32 heavy (non-hydrogen) atoms. The van der Waals surface area contributed by atoms with Crippen LogP contribution in [0.25, 0.3) is 0 Å². The minimum absolute atomic E-state index is 0.0336. The molecule has 178 valence electrons. The number of aromatic hydroxyl groups is 1. The SMILES string of the molecule is CCCC(C)C(C)C(C)c1cc(O)c2c(c1)OC(C)(C)[C@H]1CCC(C(=O)OC)C(=O)C[C@@H]21. The molecule has 1 aromatic rings. The third-order valence-corrected chi connectivity index (χ3v) is 8.28. The molecule has 6 atom stereocenters. The van der Waals surface area contributed by atoms with Gasteiger partial charge in [-0.1, -0.05) is 40.5 Å². The van der Waals surface area contributed by atoms with Crippen molar-refractivity contribution in [2.24, 2.45) is 23.7 Å². The zero-order chi connectivity index (χ0) is 23.8. The van der Waals surface area contributed by atoms with Crippen molar-refractivity contribution < 1.29 is 24.2 Å². The third-order valence-electron chi connectivity index (χ3n) is 8.28. The summed E-state index contributed by atoms with van der Waals surface area (Å²) in [5, 5.41) is 11.1. The Bertz CT molecular complexity index is 858. The van der Waals surface area contributed by atoms with Crippen LogP contribution in [0.4, 0.5) is 0 Å². The lowest BCUT2D eigenvalue weighted by atomic mass is 9.70. The first kappa shape index (κ1) is 24.6. The van der Waals surface area contributed by atoms with Gasteiger partial charge in [-0.2, -0.15) is 0 Å². The van der Waals surface area contributed by atoms with Gasteiger partial charge in [0.1, 0.15) is 28.8 Å². The van der Waals surface area contributed by atoms with Gasteiger partial charge in [0.25, 0.3) is 0 Å². The zero-order valence-electron chi connectivity index (χ0n) is 20.7. The van der Waals surface area contributed by atoms with E-state index in [-0.39, 0.29) is 35.7 Å². The summed E-state index contributed by atoms with van der Waals surface area (Å²) in [7, 11) is 1.33. The van der Waals surface area contributed by atoms with Crippen LogP contribution in [0, 0.1) is 23.7 Å². The van der Waals surface area contributed by atoms with Gasteiger partial charge in [-0.3, -0.25) is 9.59 Å². The Morgan fingerprint density at radius 3 is 2.56 bits per heavy atom. The van der Waals surface area contributed by atoms with E-state index in [1.54, 1.807) is 0 Å². The number of ether oxygens (including phenoxy) is 2. The van der Waals surface area contributed by atoms with Crippen LogP contribution in [-0.4, -0.2) is 29.6 Å². The standard InChI is InChI=1S/C27H40O5/c1-8-9-15(2)16(3)17(4)18-12-23(29)25-20-14-22(28)19(26(30)31-7)10-11-21(20)27(5,6)32-24(25)13-18/h12-13,15-17,19-21,29H,8-11,14H2,1-7H3/t15?,16?,17?,19?,20-,21+/m1/s1. The molecule has 5 nitrogen and oxygen atoms in total. The van der Waals surface area contributed by atoms with Gasteiger partial charge in [-0.05, 0) is 62.1 Å². The smallest absolute Gasteiger partial charge is 0.316 e. The summed E-state index contributed by atoms with van der Waals surface area (Å²) in [6.07, 6.45) is 3.69. The Morgan fingerprint density at radius 1 is 1.25 bits per heavy atom. The maximum absolute atomic E-state index is 13.0. The number of phenols is 1. The van der Waals surface area contributed by atoms with E-state index < -0.39 is 17.5 Å². The van der Waals surface area contributed by atoms with Crippen molar-refractivity contribution in [1.82, 2.24) is 0 Å². The average Bonchev–Trinajstić information content (AvgIpc) is 2.90. The highest BCUT2D eigenvalue weighted by Crippen LogP contribution is 2.54. The second-order valence-electron chi connectivity index (χ2n) is 10.6. The summed E-state index contributed by atoms with van der Waals surface area (Å²) in [6, 6.07) is 3.94. The van der Waals surface area contributed by atoms with Gasteiger partial charge in [0.2, 0.25) is 0 Å². The molecule has 1 fully saturated rings. The number of hydrogen-bond donors (Lipinski definition) is 1. The number of ketones is 1. The molecule has 3 rings (SSSR count). The highest BCUT2D eigenvalue weighted by molar-refractivity contribution is 5.99. The number of rotatable bonds is 6. The number of phenolic OH excluding ortho intramolecular Hbond substituents is 1. The third kappa shape index (κ3) is 4.53. The van der Waals surface area contributed by atoms with E-state index in [1.165, 1.54) is 13.5 Å². The molecule has 0 aromatic heterocycles. The van der Waals surface area contributed by atoms with Crippen molar-refractivity contribution in [1.29, 1.82) is 0 Å². The highest BCUT2D eigenvalue weighted by atomic mass is 16.5. The van der Waals surface area contributed by atoms with Gasteiger partial charge in [0.05, 0.1) is 7.11 Å². The molecule has 0 radical (unpaired) electrons. The molecule has 0 amide bonds. The number of carbonyl (C=O) groups is 2. The Labute approximate surface area is 192 Å². The van der Waals surface area contributed by atoms with E-state index >= 15 is 0 Å². The lowest BCUT2D eigenvalue weighted by Gasteiger charge is -2.45. The maximum atomic E-state index is 13.0. The molecule has 0 saturated heterocycles. The number of carbonyl (C=O) groups excluding carboxylic acids is 2. The lowest BCUT2D eigenvalue weighted by molar-refractivity contribution is -0.149. The minimum atomic E-state index is -0.729. The van der Waals surface area contributed by atoms with Crippen molar-refractivity contribution in [3.63, 3.8) is 0 Å². The average molecular weight is 445 g/mol. The van der Waals surface area contributed by atoms with Crippen LogP contribution in [0.3, 0.4) is 0 Å². The molecule has 1 aromatic carbocycles. The highest BCUT2D eigenvalue weighted by Gasteiger charge is 2.49. The van der Waals surface area contributed by atoms with Crippen molar-refractivity contribution in [2.45, 2.75) is 91.1 Å². The van der Waals surface area contributed by atoms with Gasteiger partial charge in [0, 0.05) is 23.8 Å². The number of Topliss-reactive ketones (excluding diaryl/α,β-unsaturated/α-hetero) is 1. The van der Waals surface area contributed by atoms with Crippen LogP contribution >= 0.6 is 0 Å². The summed E-state index contributed by atoms with van der Waals surface area (Å²) in [4.78, 5) is 25.2. The Balaban J connectivity index is 1.99. The van der Waals surface area contributed by atoms with Crippen molar-refractivity contribution in [3.8, 4) is 11.5 Å². The largest absolute Gasteiger partial charge is 0.508 e. The molecule has 5 heteroatoms. The molecule has 1 heterocycles. The maximum Gasteiger partial charge on any atom is 0.316 e. The quantitative estimate of drug-likeness (QED) is 0.431. The van der Waals surface area contributed by atoms with Gasteiger partial charge < -0.3 is 14.6 Å². The summed E-state index contributed by atoms with van der Waals surface area (Å²) in [5.41, 5.74) is 1.29. The van der Waals surface area contributed by atoms with Crippen molar-refractivity contribution in [2.75, 3.05) is 7.11 Å². The molecule has 1 saturated carbocycles. The number of fused-ring (bicyclic) bond motifs is 3. The number of hydrogen-bond acceptors (Lipinski definition) is 5. The van der Waals surface area contributed by atoms with Crippen LogP contribution in [0.15, 0.2) is 12.1 Å². The van der Waals surface area contributed by atoms with Gasteiger partial charge in [0.15, 0.2) is 0 Å². The fourth-order valence-corrected chi connectivity index (χ4v) is 5.96. The van der Waals surface area contributed by atoms with Crippen LogP contribution in [0.2, 0.25) is 0 Å². The molecule has 1 aliphatic heterocycles. The van der Waals surface area contributed by atoms with E-state index in [0.29, 0.717) is 30.4 Å². The van der Waals surface area contributed by atoms with E-state index in [4.69, 9.17) is 9.47 Å². The molecular formula is C27H40O5. The van der Waals surface area contributed by atoms with Gasteiger partial charge in [-0.15, -0.1) is 0 Å². The molecule has 2 aliphatic rings. The predicted octanol–water partition coefficient (Wildman–Crippen LogP) is 5.98. The van der Waals surface area contributed by atoms with E-state index in [2.05, 4.69) is 47.6 Å². The number of methoxy groups -OCH3 is 1. The first-order valence-corrected chi connectivity index (χ1v) is 12.2. The molecular weight excluding hydrogens is 404 g/mol. The van der Waals surface area contributed by atoms with Crippen molar-refractivity contribution in [3.05, 3.63) is 23.3 Å². The van der Waals surface area contributed by atoms with Crippen LogP contribution in [0.5, 0.6) is 11.5 Å². The summed E-state index contributed by atoms with van der Waals surface area (Å²) in [6.45, 7) is 13.1. The topological polar surface area (TPSA) is 72.8 Å². The van der Waals surface area contributed by atoms with Crippen LogP contribution < -0.4 is 4.74 Å². The van der Waals surface area contributed by atoms with E-state index in [0.717, 1.165) is 17.5 Å². The summed E-state index contributed by atoms with van der Waals surface area (Å²) in [5.74, 6) is 0.781. The van der Waals surface area contributed by atoms with Gasteiger partial charge in [-0.25, -0.2) is 0 Å². The molecule has 4 unspecified atom stereocenters. The second-order valence-corrected chi connectivity index (χ2v) is 10.6. The Hall–Kier alpha value is -2.04. The lowest BCUT2D eigenvalue weighted by Crippen LogP contribution is -2.44. The summed E-state index contributed by atoms with van der Waals surface area (Å²) >= 11 is 0. The number of esters is 1. The molecule has 1 aliphatic carbocycles. The normalized spacial score (nSPS) is 27.2. The minimum Gasteiger partial charge on any atom is -0.508 e. The van der Waals surface area contributed by atoms with Crippen molar-refractivity contribution >= 4 is 11.8 Å².